The van der Waals surface area contributed by atoms with Gasteiger partial charge >= 0.3 is 6.03 Å². The Morgan fingerprint density at radius 3 is 2.68 bits per heavy atom. The quantitative estimate of drug-likeness (QED) is 0.657. The van der Waals surface area contributed by atoms with Crippen LogP contribution in [0.3, 0.4) is 0 Å². The van der Waals surface area contributed by atoms with Gasteiger partial charge in [0, 0.05) is 32.0 Å². The molecule has 1 aromatic carbocycles. The van der Waals surface area contributed by atoms with Gasteiger partial charge in [-0.2, -0.15) is 5.10 Å². The molecule has 9 heteroatoms. The molecule has 1 heterocycles. The molecule has 0 bridgehead atoms. The van der Waals surface area contributed by atoms with Gasteiger partial charge in [-0.05, 0) is 23.6 Å². The molecule has 2 amide bonds. The molecule has 1 atom stereocenters. The van der Waals surface area contributed by atoms with Gasteiger partial charge in [0.2, 0.25) is 10.0 Å². The van der Waals surface area contributed by atoms with E-state index in [1.165, 1.54) is 0 Å². The summed E-state index contributed by atoms with van der Waals surface area (Å²) in [6.07, 6.45) is 4.68. The zero-order valence-electron chi connectivity index (χ0n) is 14.3. The van der Waals surface area contributed by atoms with Crippen molar-refractivity contribution in [3.8, 4) is 0 Å². The number of benzene rings is 1. The topological polar surface area (TPSA) is 105 Å². The van der Waals surface area contributed by atoms with E-state index in [1.807, 2.05) is 23.9 Å². The number of urea groups is 1. The van der Waals surface area contributed by atoms with Crippen molar-refractivity contribution in [1.82, 2.24) is 20.4 Å². The number of hydrogen-bond acceptors (Lipinski definition) is 4. The molecule has 8 nitrogen and oxygen atoms in total. The van der Waals surface area contributed by atoms with Crippen molar-refractivity contribution in [2.75, 3.05) is 17.5 Å². The Labute approximate surface area is 147 Å². The molecule has 2 rings (SSSR count). The van der Waals surface area contributed by atoms with Crippen molar-refractivity contribution >= 4 is 21.7 Å². The molecular formula is C16H23N5O3S. The maximum atomic E-state index is 11.9. The van der Waals surface area contributed by atoms with Crippen molar-refractivity contribution in [2.24, 2.45) is 5.92 Å². The third-order valence-corrected chi connectivity index (χ3v) is 4.01. The van der Waals surface area contributed by atoms with Gasteiger partial charge in [0.05, 0.1) is 11.9 Å². The van der Waals surface area contributed by atoms with E-state index in [2.05, 4.69) is 20.5 Å². The predicted molar refractivity (Wildman–Crippen MR) is 96.5 cm³/mol. The summed E-state index contributed by atoms with van der Waals surface area (Å²) in [5.74, 6) is 0.227. The summed E-state index contributed by atoms with van der Waals surface area (Å²) < 4.78 is 27.0. The van der Waals surface area contributed by atoms with Crippen LogP contribution in [0.4, 0.5) is 10.5 Å². The number of rotatable bonds is 8. The summed E-state index contributed by atoms with van der Waals surface area (Å²) in [5.41, 5.74) is 1.14. The molecule has 3 N–H and O–H groups in total. The second kappa shape index (κ2) is 8.52. The molecular weight excluding hydrogens is 342 g/mol. The normalized spacial score (nSPS) is 12.4. The summed E-state index contributed by atoms with van der Waals surface area (Å²) in [4.78, 5) is 11.9. The predicted octanol–water partition coefficient (Wildman–Crippen LogP) is 1.39. The zero-order valence-corrected chi connectivity index (χ0v) is 15.1. The molecule has 0 radical (unpaired) electrons. The smallest absolute Gasteiger partial charge is 0.315 e. The lowest BCUT2D eigenvalue weighted by Crippen LogP contribution is -2.38. The number of sulfonamides is 1. The molecule has 25 heavy (non-hydrogen) atoms. The average molecular weight is 365 g/mol. The van der Waals surface area contributed by atoms with Gasteiger partial charge in [0.15, 0.2) is 0 Å². The van der Waals surface area contributed by atoms with Crippen molar-refractivity contribution in [2.45, 2.75) is 20.0 Å². The molecule has 0 aliphatic rings. The van der Waals surface area contributed by atoms with Crippen LogP contribution in [0.1, 0.15) is 12.5 Å². The Morgan fingerprint density at radius 2 is 2.00 bits per heavy atom. The van der Waals surface area contributed by atoms with Crippen LogP contribution in [0.5, 0.6) is 0 Å². The van der Waals surface area contributed by atoms with Gasteiger partial charge in [0.25, 0.3) is 0 Å². The van der Waals surface area contributed by atoms with Gasteiger partial charge in [-0.3, -0.25) is 9.40 Å². The van der Waals surface area contributed by atoms with Crippen molar-refractivity contribution in [1.29, 1.82) is 0 Å². The number of carbonyl (C=O) groups is 1. The van der Waals surface area contributed by atoms with E-state index in [-0.39, 0.29) is 18.5 Å². The van der Waals surface area contributed by atoms with E-state index in [0.29, 0.717) is 24.3 Å². The number of hydrogen-bond donors (Lipinski definition) is 3. The third-order valence-electron chi connectivity index (χ3n) is 3.42. The Balaban J connectivity index is 1.80. The minimum Gasteiger partial charge on any atom is -0.338 e. The highest BCUT2D eigenvalue weighted by Gasteiger charge is 2.09. The number of nitrogens with zero attached hydrogens (tertiary/aromatic N) is 2. The molecule has 136 valence electrons. The number of aromatic nitrogens is 2. The van der Waals surface area contributed by atoms with Crippen molar-refractivity contribution < 1.29 is 13.2 Å². The van der Waals surface area contributed by atoms with Crippen LogP contribution in [-0.2, 0) is 23.1 Å². The fourth-order valence-electron chi connectivity index (χ4n) is 2.27. The van der Waals surface area contributed by atoms with Crippen molar-refractivity contribution in [3.63, 3.8) is 0 Å². The van der Waals surface area contributed by atoms with E-state index in [4.69, 9.17) is 0 Å². The molecule has 1 unspecified atom stereocenters. The van der Waals surface area contributed by atoms with E-state index in [1.54, 1.807) is 30.5 Å². The summed E-state index contributed by atoms with van der Waals surface area (Å²) in [7, 11) is -3.37. The Bertz CT molecular complexity index is 790. The van der Waals surface area contributed by atoms with E-state index in [9.17, 15) is 13.2 Å². The lowest BCUT2D eigenvalue weighted by molar-refractivity contribution is 0.238. The summed E-state index contributed by atoms with van der Waals surface area (Å²) in [5, 5.41) is 9.67. The highest BCUT2D eigenvalue weighted by molar-refractivity contribution is 7.92. The first-order chi connectivity index (χ1) is 11.8. The molecule has 1 aromatic heterocycles. The Kier molecular flexibility index (Phi) is 6.40. The molecule has 0 aliphatic heterocycles. The Morgan fingerprint density at radius 1 is 1.24 bits per heavy atom. The zero-order chi connectivity index (χ0) is 18.3. The van der Waals surface area contributed by atoms with E-state index < -0.39 is 10.0 Å². The number of nitrogens with one attached hydrogen (secondary N) is 3. The minimum absolute atomic E-state index is 0.220. The molecule has 0 spiro atoms. The number of amides is 2. The molecule has 0 fully saturated rings. The molecule has 0 saturated carbocycles. The largest absolute Gasteiger partial charge is 0.338 e. The van der Waals surface area contributed by atoms with Crippen LogP contribution in [0, 0.1) is 5.92 Å². The summed E-state index contributed by atoms with van der Waals surface area (Å²) >= 11 is 0. The summed E-state index contributed by atoms with van der Waals surface area (Å²) in [6.45, 7) is 3.47. The van der Waals surface area contributed by atoms with Crippen LogP contribution in [0.15, 0.2) is 42.7 Å². The minimum atomic E-state index is -3.37. The molecule has 0 saturated heterocycles. The van der Waals surface area contributed by atoms with Crippen LogP contribution in [-0.4, -0.2) is 37.0 Å². The maximum Gasteiger partial charge on any atom is 0.315 e. The van der Waals surface area contributed by atoms with Crippen molar-refractivity contribution in [3.05, 3.63) is 48.3 Å². The molecule has 0 aliphatic carbocycles. The van der Waals surface area contributed by atoms with E-state index >= 15 is 0 Å². The highest BCUT2D eigenvalue weighted by Crippen LogP contribution is 2.15. The lowest BCUT2D eigenvalue weighted by atomic mass is 10.2. The highest BCUT2D eigenvalue weighted by atomic mass is 32.2. The number of para-hydroxylation sites is 1. The lowest BCUT2D eigenvalue weighted by Gasteiger charge is -2.14. The fourth-order valence-corrected chi connectivity index (χ4v) is 2.87. The van der Waals surface area contributed by atoms with Gasteiger partial charge in [0.1, 0.15) is 0 Å². The van der Waals surface area contributed by atoms with Gasteiger partial charge in [-0.15, -0.1) is 0 Å². The van der Waals surface area contributed by atoms with Crippen LogP contribution in [0.25, 0.3) is 0 Å². The second-order valence-electron chi connectivity index (χ2n) is 5.93. The SMILES string of the molecule is CC(CNC(=O)NCc1ccccc1NS(C)(=O)=O)Cn1cccn1. The van der Waals surface area contributed by atoms with Crippen LogP contribution >= 0.6 is 0 Å². The van der Waals surface area contributed by atoms with Gasteiger partial charge in [-0.1, -0.05) is 25.1 Å². The number of carbonyl (C=O) groups excluding carboxylic acids is 1. The average Bonchev–Trinajstić information content (AvgIpc) is 3.03. The monoisotopic (exact) mass is 365 g/mol. The fraction of sp³-hybridized carbons (Fsp3) is 0.375. The first kappa shape index (κ1) is 18.8. The first-order valence-electron chi connectivity index (χ1n) is 7.88. The standard InChI is InChI=1S/C16H23N5O3S/c1-13(12-21-9-5-8-19-21)10-17-16(22)18-11-14-6-3-4-7-15(14)20-25(2,23)24/h3-9,13,20H,10-12H2,1-2H3,(H2,17,18,22). The maximum absolute atomic E-state index is 11.9. The second-order valence-corrected chi connectivity index (χ2v) is 7.68. The van der Waals surface area contributed by atoms with Crippen LogP contribution in [0.2, 0.25) is 0 Å². The first-order valence-corrected chi connectivity index (χ1v) is 9.77. The summed E-state index contributed by atoms with van der Waals surface area (Å²) in [6, 6.07) is 8.48. The Hall–Kier alpha value is -2.55. The van der Waals surface area contributed by atoms with Gasteiger partial charge in [-0.25, -0.2) is 13.2 Å². The third kappa shape index (κ3) is 6.84. The van der Waals surface area contributed by atoms with E-state index in [0.717, 1.165) is 6.26 Å². The van der Waals surface area contributed by atoms with Crippen LogP contribution < -0.4 is 15.4 Å². The molecule has 2 aromatic rings. The number of anilines is 1. The van der Waals surface area contributed by atoms with Gasteiger partial charge < -0.3 is 10.6 Å².